The number of anilines is 6. The van der Waals surface area contributed by atoms with Crippen molar-refractivity contribution >= 4 is 83.4 Å². The number of rotatable bonds is 10. The lowest BCUT2D eigenvalue weighted by molar-refractivity contribution is 0.591. The van der Waals surface area contributed by atoms with Gasteiger partial charge in [0.25, 0.3) is 0 Å². The maximum Gasteiger partial charge on any atom is 0.159 e. The summed E-state index contributed by atoms with van der Waals surface area (Å²) >= 11 is 0. The minimum Gasteiger partial charge on any atom is -0.454 e. The van der Waals surface area contributed by atoms with Gasteiger partial charge in [0.15, 0.2) is 11.2 Å². The monoisotopic (exact) mass is 1180 g/mol. The van der Waals surface area contributed by atoms with Crippen LogP contribution in [-0.4, -0.2) is 0 Å². The number of hydrogen-bond donors (Lipinski definition) is 0. The molecule has 13 aromatic carbocycles. The summed E-state index contributed by atoms with van der Waals surface area (Å²) in [4.78, 5) is 4.90. The van der Waals surface area contributed by atoms with Gasteiger partial charge < -0.3 is 18.6 Å². The molecule has 4 nitrogen and oxygen atoms in total. The molecule has 3 aliphatic rings. The van der Waals surface area contributed by atoms with Crippen LogP contribution in [0.15, 0.2) is 300 Å². The first-order chi connectivity index (χ1) is 45.2. The second kappa shape index (κ2) is 20.7. The molecule has 2 aromatic heterocycles. The Labute approximate surface area is 536 Å². The Balaban J connectivity index is 0.796. The van der Waals surface area contributed by atoms with Gasteiger partial charge in [0.05, 0.1) is 17.1 Å². The third-order valence-electron chi connectivity index (χ3n) is 20.3. The van der Waals surface area contributed by atoms with Gasteiger partial charge in [-0.05, 0) is 151 Å². The van der Waals surface area contributed by atoms with Crippen LogP contribution in [0.25, 0.3) is 105 Å². The SMILES string of the molecule is CC1(C)c2cc(N(c3cccc(-c4ccccc4)c3)c3cccc4c3oc3c(-c5ccccc5)cccc34)ccc2-c2ccc3c(c21)C(C)(C)c1cccc2c(N(c4cccc(-c5ccccc5)c4)c4cccc5c6c(oc45)C(c4ccccc4)=CCC6)ccc-3c12. The van der Waals surface area contributed by atoms with E-state index in [2.05, 4.69) is 329 Å². The average Bonchev–Trinajstić information content (AvgIpc) is 1.35. The number of nitrogens with zero attached hydrogens (tertiary/aromatic N) is 2. The van der Waals surface area contributed by atoms with Crippen molar-refractivity contribution < 1.29 is 8.83 Å². The topological polar surface area (TPSA) is 32.8 Å². The molecule has 0 amide bonds. The molecule has 18 rings (SSSR count). The van der Waals surface area contributed by atoms with Crippen LogP contribution in [0.5, 0.6) is 0 Å². The van der Waals surface area contributed by atoms with Gasteiger partial charge in [-0.2, -0.15) is 0 Å². The van der Waals surface area contributed by atoms with Crippen LogP contribution < -0.4 is 9.80 Å². The lowest BCUT2D eigenvalue weighted by atomic mass is 9.63. The van der Waals surface area contributed by atoms with E-state index in [1.807, 2.05) is 0 Å². The predicted octanol–water partition coefficient (Wildman–Crippen LogP) is 24.4. The second-order valence-corrected chi connectivity index (χ2v) is 26.1. The van der Waals surface area contributed by atoms with E-state index >= 15 is 0 Å². The molecule has 0 atom stereocenters. The van der Waals surface area contributed by atoms with Crippen molar-refractivity contribution in [1.82, 2.24) is 0 Å². The van der Waals surface area contributed by atoms with E-state index in [-0.39, 0.29) is 5.41 Å². The van der Waals surface area contributed by atoms with Crippen molar-refractivity contribution in [3.8, 4) is 55.6 Å². The Bertz CT molecular complexity index is 5520. The molecular weight excluding hydrogens is 1120 g/mol. The third-order valence-corrected chi connectivity index (χ3v) is 20.3. The molecule has 438 valence electrons. The predicted molar refractivity (Wildman–Crippen MR) is 384 cm³/mol. The Morgan fingerprint density at radius 3 is 1.48 bits per heavy atom. The van der Waals surface area contributed by atoms with Gasteiger partial charge in [-0.25, -0.2) is 0 Å². The molecule has 0 fully saturated rings. The number of allylic oxidation sites excluding steroid dienone is 1. The quantitative estimate of drug-likeness (QED) is 0.137. The lowest BCUT2D eigenvalue weighted by Crippen LogP contribution is -2.29. The highest BCUT2D eigenvalue weighted by Gasteiger charge is 2.45. The van der Waals surface area contributed by atoms with Crippen LogP contribution in [0.1, 0.15) is 73.3 Å². The fraction of sp³-hybridized carbons (Fsp3) is 0.0909. The van der Waals surface area contributed by atoms with Crippen LogP contribution >= 0.6 is 0 Å². The molecule has 0 bridgehead atoms. The minimum absolute atomic E-state index is 0.390. The molecule has 15 aromatic rings. The van der Waals surface area contributed by atoms with Crippen LogP contribution in [0, 0.1) is 0 Å². The van der Waals surface area contributed by atoms with Crippen molar-refractivity contribution in [1.29, 1.82) is 0 Å². The minimum atomic E-state index is -0.397. The van der Waals surface area contributed by atoms with Crippen LogP contribution in [0.4, 0.5) is 34.1 Å². The Kier molecular flexibility index (Phi) is 12.1. The maximum absolute atomic E-state index is 7.30. The Morgan fingerprint density at radius 2 is 0.804 bits per heavy atom. The van der Waals surface area contributed by atoms with Gasteiger partial charge in [0, 0.05) is 66.1 Å². The van der Waals surface area contributed by atoms with Crippen molar-refractivity contribution in [2.45, 2.75) is 51.4 Å². The van der Waals surface area contributed by atoms with Gasteiger partial charge in [0.2, 0.25) is 0 Å². The summed E-state index contributed by atoms with van der Waals surface area (Å²) in [6, 6.07) is 104. The first-order valence-electron chi connectivity index (χ1n) is 32.3. The molecule has 92 heavy (non-hydrogen) atoms. The molecule has 0 aliphatic heterocycles. The fourth-order valence-electron chi connectivity index (χ4n) is 16.1. The van der Waals surface area contributed by atoms with Gasteiger partial charge in [-0.3, -0.25) is 0 Å². The highest BCUT2D eigenvalue weighted by Crippen LogP contribution is 2.61. The largest absolute Gasteiger partial charge is 0.454 e. The highest BCUT2D eigenvalue weighted by atomic mass is 16.3. The van der Waals surface area contributed by atoms with E-state index in [1.165, 1.54) is 77.5 Å². The molecule has 4 heteroatoms. The summed E-state index contributed by atoms with van der Waals surface area (Å²) in [5.41, 5.74) is 29.1. The normalized spacial score (nSPS) is 14.0. The molecular formula is C88H64N2O2. The van der Waals surface area contributed by atoms with E-state index in [9.17, 15) is 0 Å². The summed E-state index contributed by atoms with van der Waals surface area (Å²) in [6.07, 6.45) is 4.24. The van der Waals surface area contributed by atoms with E-state index in [0.717, 1.165) is 113 Å². The zero-order chi connectivity index (χ0) is 61.4. The van der Waals surface area contributed by atoms with Crippen LogP contribution in [0.3, 0.4) is 0 Å². The van der Waals surface area contributed by atoms with Gasteiger partial charge in [0.1, 0.15) is 11.3 Å². The fourth-order valence-corrected chi connectivity index (χ4v) is 16.1. The number of aryl methyl sites for hydroxylation is 1. The molecule has 2 heterocycles. The Morgan fingerprint density at radius 1 is 0.315 bits per heavy atom. The third kappa shape index (κ3) is 8.16. The van der Waals surface area contributed by atoms with E-state index in [1.54, 1.807) is 0 Å². The molecule has 0 saturated carbocycles. The second-order valence-electron chi connectivity index (χ2n) is 26.1. The Hall–Kier alpha value is -11.2. The zero-order valence-electron chi connectivity index (χ0n) is 51.8. The smallest absolute Gasteiger partial charge is 0.159 e. The van der Waals surface area contributed by atoms with E-state index in [0.29, 0.717) is 0 Å². The molecule has 0 saturated heterocycles. The highest BCUT2D eigenvalue weighted by molar-refractivity contribution is 6.15. The average molecular weight is 1180 g/mol. The van der Waals surface area contributed by atoms with Gasteiger partial charge in [-0.15, -0.1) is 0 Å². The van der Waals surface area contributed by atoms with Crippen molar-refractivity contribution in [3.63, 3.8) is 0 Å². The summed E-state index contributed by atoms with van der Waals surface area (Å²) in [7, 11) is 0. The number of benzene rings is 13. The van der Waals surface area contributed by atoms with E-state index < -0.39 is 5.41 Å². The lowest BCUT2D eigenvalue weighted by Gasteiger charge is -2.40. The first-order valence-corrected chi connectivity index (χ1v) is 32.3. The van der Waals surface area contributed by atoms with Crippen molar-refractivity contribution in [2.24, 2.45) is 0 Å². The molecule has 0 spiro atoms. The van der Waals surface area contributed by atoms with Crippen molar-refractivity contribution in [3.05, 3.63) is 330 Å². The molecule has 3 aliphatic carbocycles. The number of para-hydroxylation sites is 3. The molecule has 0 radical (unpaired) electrons. The number of furan rings is 2. The molecule has 0 N–H and O–H groups in total. The zero-order valence-corrected chi connectivity index (χ0v) is 51.8. The van der Waals surface area contributed by atoms with Gasteiger partial charge >= 0.3 is 0 Å². The number of hydrogen-bond acceptors (Lipinski definition) is 4. The summed E-state index contributed by atoms with van der Waals surface area (Å²) in [5.74, 6) is 0.969. The maximum atomic E-state index is 7.30. The van der Waals surface area contributed by atoms with Crippen molar-refractivity contribution in [2.75, 3.05) is 9.80 Å². The standard InChI is InChI=1S/C88H64N2O2/c1-87(2)75-43-21-42-74-77(90(62-35-18-33-60(53-62)56-26-11-6-12-27-56)79-45-23-41-73-71-39-20-37-65(84(71)92-86(73)79)58-30-15-8-16-31-58)51-50-67(80(74)75)69-49-48-68-66-47-46-63(54-76(66)88(3,4)81(68)82(69)87)89(61-34-17-32-59(52-61)55-24-9-5-10-25-55)78-44-22-40-72-70-38-19-36-64(83(70)91-85(72)78)57-28-13-7-14-29-57/h5-19,21-38,40-54H,20,39H2,1-4H3. The molecule has 0 unspecified atom stereocenters. The first kappa shape index (κ1) is 53.8. The van der Waals surface area contributed by atoms with E-state index in [4.69, 9.17) is 8.83 Å². The van der Waals surface area contributed by atoms with Crippen LogP contribution in [-0.2, 0) is 17.3 Å². The van der Waals surface area contributed by atoms with Crippen LogP contribution in [0.2, 0.25) is 0 Å². The number of fused-ring (bicyclic) bond motifs is 12. The summed E-state index contributed by atoms with van der Waals surface area (Å²) < 4.78 is 14.5. The summed E-state index contributed by atoms with van der Waals surface area (Å²) in [5, 5.41) is 5.82. The summed E-state index contributed by atoms with van der Waals surface area (Å²) in [6.45, 7) is 9.84. The van der Waals surface area contributed by atoms with Gasteiger partial charge in [-0.1, -0.05) is 264 Å².